The number of aromatic nitrogens is 3. The molecule has 6 nitrogen and oxygen atoms in total. The molecular formula is C23H27N5O. The quantitative estimate of drug-likeness (QED) is 0.445. The Morgan fingerprint density at radius 3 is 2.41 bits per heavy atom. The molecule has 2 aromatic carbocycles. The Morgan fingerprint density at radius 2 is 1.72 bits per heavy atom. The Hall–Kier alpha value is -3.28. The van der Waals surface area contributed by atoms with E-state index in [2.05, 4.69) is 30.3 Å². The molecule has 0 spiro atoms. The molecule has 0 atom stereocenters. The van der Waals surface area contributed by atoms with E-state index in [4.69, 9.17) is 21.2 Å². The van der Waals surface area contributed by atoms with Gasteiger partial charge in [-0.3, -0.25) is 0 Å². The molecule has 0 amide bonds. The lowest BCUT2D eigenvalue weighted by atomic mass is 10.1. The maximum atomic E-state index is 6.31. The van der Waals surface area contributed by atoms with Gasteiger partial charge >= 0.3 is 0 Å². The molecule has 150 valence electrons. The summed E-state index contributed by atoms with van der Waals surface area (Å²) in [6, 6.07) is 13.3. The van der Waals surface area contributed by atoms with Gasteiger partial charge in [-0.15, -0.1) is 0 Å². The molecule has 0 aliphatic rings. The van der Waals surface area contributed by atoms with Gasteiger partial charge in [-0.2, -0.15) is 0 Å². The van der Waals surface area contributed by atoms with Crippen LogP contribution in [0.5, 0.6) is 11.5 Å². The number of pyridine rings is 1. The lowest BCUT2D eigenvalue weighted by molar-refractivity contribution is 0.483. The van der Waals surface area contributed by atoms with E-state index < -0.39 is 0 Å². The zero-order chi connectivity index (χ0) is 20.5. The van der Waals surface area contributed by atoms with Crippen LogP contribution in [-0.2, 0) is 13.0 Å². The molecule has 0 aliphatic carbocycles. The van der Waals surface area contributed by atoms with Gasteiger partial charge in [0.2, 0.25) is 0 Å². The third-order valence-corrected chi connectivity index (χ3v) is 4.89. The van der Waals surface area contributed by atoms with Crippen LogP contribution in [0.15, 0.2) is 42.5 Å². The molecule has 0 bridgehead atoms. The van der Waals surface area contributed by atoms with Gasteiger partial charge in [-0.05, 0) is 48.7 Å². The summed E-state index contributed by atoms with van der Waals surface area (Å²) >= 11 is 0. The molecule has 4 rings (SSSR count). The van der Waals surface area contributed by atoms with Gasteiger partial charge in [0, 0.05) is 30.1 Å². The number of aryl methyl sites for hydroxylation is 1. The second-order valence-electron chi connectivity index (χ2n) is 7.83. The fraction of sp³-hybridized carbons (Fsp3) is 0.304. The van der Waals surface area contributed by atoms with Crippen LogP contribution in [0.2, 0.25) is 0 Å². The molecule has 29 heavy (non-hydrogen) atoms. The summed E-state index contributed by atoms with van der Waals surface area (Å²) in [5.41, 5.74) is 15.4. The van der Waals surface area contributed by atoms with Crippen molar-refractivity contribution in [2.45, 2.75) is 40.2 Å². The lowest BCUT2D eigenvalue weighted by Crippen LogP contribution is -2.09. The van der Waals surface area contributed by atoms with Crippen molar-refractivity contribution in [3.8, 4) is 11.5 Å². The number of hydrogen-bond donors (Lipinski definition) is 2. The van der Waals surface area contributed by atoms with Crippen molar-refractivity contribution in [3.63, 3.8) is 0 Å². The van der Waals surface area contributed by atoms with Gasteiger partial charge in [0.1, 0.15) is 22.8 Å². The van der Waals surface area contributed by atoms with Crippen molar-refractivity contribution >= 4 is 33.4 Å². The van der Waals surface area contributed by atoms with Crippen molar-refractivity contribution in [2.24, 2.45) is 5.92 Å². The number of nitrogen functional groups attached to an aromatic ring is 2. The van der Waals surface area contributed by atoms with Crippen LogP contribution >= 0.6 is 0 Å². The smallest absolute Gasteiger partial charge is 0.152 e. The van der Waals surface area contributed by atoms with Crippen LogP contribution in [0.4, 0.5) is 11.5 Å². The van der Waals surface area contributed by atoms with Crippen LogP contribution in [0, 0.1) is 5.92 Å². The highest BCUT2D eigenvalue weighted by atomic mass is 16.5. The van der Waals surface area contributed by atoms with Gasteiger partial charge in [0.05, 0.1) is 11.0 Å². The molecule has 4 aromatic rings. The average Bonchev–Trinajstić information content (AvgIpc) is 3.02. The van der Waals surface area contributed by atoms with Crippen molar-refractivity contribution in [1.82, 2.24) is 14.5 Å². The third kappa shape index (κ3) is 3.70. The zero-order valence-electron chi connectivity index (χ0n) is 17.1. The van der Waals surface area contributed by atoms with E-state index >= 15 is 0 Å². The van der Waals surface area contributed by atoms with Crippen LogP contribution in [0.1, 0.15) is 33.0 Å². The Labute approximate surface area is 170 Å². The number of imidazole rings is 1. The lowest BCUT2D eigenvalue weighted by Gasteiger charge is -2.13. The number of benzene rings is 2. The van der Waals surface area contributed by atoms with Crippen molar-refractivity contribution in [2.75, 3.05) is 11.5 Å². The van der Waals surface area contributed by atoms with Crippen LogP contribution in [-0.4, -0.2) is 14.5 Å². The molecule has 4 N–H and O–H groups in total. The predicted octanol–water partition coefficient (Wildman–Crippen LogP) is 5.15. The largest absolute Gasteiger partial charge is 0.457 e. The Bertz CT molecular complexity index is 1160. The highest BCUT2D eigenvalue weighted by molar-refractivity contribution is 6.07. The summed E-state index contributed by atoms with van der Waals surface area (Å²) in [4.78, 5) is 9.45. The minimum atomic E-state index is 0.456. The highest BCUT2D eigenvalue weighted by Gasteiger charge is 2.18. The maximum absolute atomic E-state index is 6.31. The normalized spacial score (nSPS) is 11.6. The molecule has 0 fully saturated rings. The van der Waals surface area contributed by atoms with Gasteiger partial charge in [0.25, 0.3) is 0 Å². The first kappa shape index (κ1) is 19.1. The zero-order valence-corrected chi connectivity index (χ0v) is 17.1. The number of fused-ring (bicyclic) bond motifs is 3. The first-order chi connectivity index (χ1) is 14.0. The molecule has 2 aromatic heterocycles. The van der Waals surface area contributed by atoms with Gasteiger partial charge < -0.3 is 20.8 Å². The summed E-state index contributed by atoms with van der Waals surface area (Å²) in [6.45, 7) is 7.49. The summed E-state index contributed by atoms with van der Waals surface area (Å²) in [5, 5.41) is 1.04. The number of ether oxygens (including phenoxy) is 1. The monoisotopic (exact) mass is 389 g/mol. The van der Waals surface area contributed by atoms with Crippen LogP contribution in [0.25, 0.3) is 21.9 Å². The SMILES string of the molecule is CCCc1nc2c(N)nc3cc(Oc4ccc(N)cc4)ccc3c2n1CC(C)C. The average molecular weight is 390 g/mol. The van der Waals surface area contributed by atoms with Gasteiger partial charge in [0.15, 0.2) is 5.82 Å². The van der Waals surface area contributed by atoms with Crippen LogP contribution < -0.4 is 16.2 Å². The topological polar surface area (TPSA) is 92.0 Å². The molecule has 0 saturated carbocycles. The first-order valence-corrected chi connectivity index (χ1v) is 10.1. The van der Waals surface area contributed by atoms with E-state index in [0.29, 0.717) is 23.2 Å². The van der Waals surface area contributed by atoms with Crippen molar-refractivity contribution < 1.29 is 4.74 Å². The van der Waals surface area contributed by atoms with Gasteiger partial charge in [-0.1, -0.05) is 20.8 Å². The molecular weight excluding hydrogens is 362 g/mol. The fourth-order valence-corrected chi connectivity index (χ4v) is 3.65. The number of hydrogen-bond acceptors (Lipinski definition) is 5. The maximum Gasteiger partial charge on any atom is 0.152 e. The number of nitrogens with zero attached hydrogens (tertiary/aromatic N) is 3. The Balaban J connectivity index is 1.85. The van der Waals surface area contributed by atoms with Crippen molar-refractivity contribution in [3.05, 3.63) is 48.3 Å². The summed E-state index contributed by atoms with van der Waals surface area (Å²) < 4.78 is 8.28. The van der Waals surface area contributed by atoms with E-state index in [1.54, 1.807) is 0 Å². The molecule has 6 heteroatoms. The first-order valence-electron chi connectivity index (χ1n) is 10.1. The summed E-state index contributed by atoms with van der Waals surface area (Å²) in [5.74, 6) is 3.46. The van der Waals surface area contributed by atoms with E-state index in [1.807, 2.05) is 42.5 Å². The molecule has 0 aliphatic heterocycles. The van der Waals surface area contributed by atoms with Gasteiger partial charge in [-0.25, -0.2) is 9.97 Å². The second-order valence-corrected chi connectivity index (χ2v) is 7.83. The third-order valence-electron chi connectivity index (χ3n) is 4.89. The second kappa shape index (κ2) is 7.62. The van der Waals surface area contributed by atoms with E-state index in [1.165, 1.54) is 0 Å². The summed E-state index contributed by atoms with van der Waals surface area (Å²) in [6.07, 6.45) is 1.95. The molecule has 2 heterocycles. The molecule has 0 unspecified atom stereocenters. The van der Waals surface area contributed by atoms with E-state index in [-0.39, 0.29) is 0 Å². The Morgan fingerprint density at radius 1 is 1.00 bits per heavy atom. The van der Waals surface area contributed by atoms with Crippen molar-refractivity contribution in [1.29, 1.82) is 0 Å². The fourth-order valence-electron chi connectivity index (χ4n) is 3.65. The standard InChI is InChI=1S/C23H27N5O/c1-4-5-20-27-21-22(28(20)13-14(2)3)18-11-10-17(12-19(18)26-23(21)25)29-16-8-6-15(24)7-9-16/h6-12,14H,4-5,13,24H2,1-3H3,(H2,25,26). The van der Waals surface area contributed by atoms with E-state index in [0.717, 1.165) is 52.9 Å². The van der Waals surface area contributed by atoms with Crippen LogP contribution in [0.3, 0.4) is 0 Å². The minimum absolute atomic E-state index is 0.456. The number of anilines is 2. The molecule has 0 radical (unpaired) electrons. The number of nitrogens with two attached hydrogens (primary N) is 2. The predicted molar refractivity (Wildman–Crippen MR) is 119 cm³/mol. The molecule has 0 saturated heterocycles. The Kier molecular flexibility index (Phi) is 5.01. The summed E-state index contributed by atoms with van der Waals surface area (Å²) in [7, 11) is 0. The number of rotatable bonds is 6. The minimum Gasteiger partial charge on any atom is -0.457 e. The highest BCUT2D eigenvalue weighted by Crippen LogP contribution is 2.33. The van der Waals surface area contributed by atoms with E-state index in [9.17, 15) is 0 Å².